The van der Waals surface area contributed by atoms with E-state index in [4.69, 9.17) is 10.5 Å². The highest BCUT2D eigenvalue weighted by atomic mass is 16.6. The lowest BCUT2D eigenvalue weighted by molar-refractivity contribution is -0.253. The van der Waals surface area contributed by atoms with E-state index < -0.39 is 61.5 Å². The van der Waals surface area contributed by atoms with Gasteiger partial charge in [0.05, 0.1) is 24.9 Å². The summed E-state index contributed by atoms with van der Waals surface area (Å²) in [5.41, 5.74) is 5.90. The fourth-order valence-electron chi connectivity index (χ4n) is 4.46. The molecule has 9 nitrogen and oxygen atoms in total. The molecule has 9 N–H and O–H groups in total. The zero-order chi connectivity index (χ0) is 24.8. The zero-order valence-corrected chi connectivity index (χ0v) is 20.2. The maximum absolute atomic E-state index is 10.5. The van der Waals surface area contributed by atoms with Crippen molar-refractivity contribution in [3.63, 3.8) is 0 Å². The van der Waals surface area contributed by atoms with Gasteiger partial charge in [0.25, 0.3) is 0 Å². The molecule has 0 spiro atoms. The van der Waals surface area contributed by atoms with E-state index in [9.17, 15) is 35.7 Å². The first-order chi connectivity index (χ1) is 15.8. The number of aliphatic hydroxyl groups excluding tert-OH is 7. The molecule has 0 aromatic heterocycles. The van der Waals surface area contributed by atoms with Crippen LogP contribution in [0.15, 0.2) is 0 Å². The Hall–Kier alpha value is -0.360. The summed E-state index contributed by atoms with van der Waals surface area (Å²) in [4.78, 5) is 0. The van der Waals surface area contributed by atoms with Crippen LogP contribution in [0.5, 0.6) is 0 Å². The van der Waals surface area contributed by atoms with Crippen molar-refractivity contribution in [2.45, 2.75) is 145 Å². The Morgan fingerprint density at radius 2 is 1.21 bits per heavy atom. The number of rotatable bonds is 18. The van der Waals surface area contributed by atoms with Gasteiger partial charge in [0, 0.05) is 0 Å². The van der Waals surface area contributed by atoms with Crippen molar-refractivity contribution in [3.05, 3.63) is 0 Å². The molecule has 1 heterocycles. The Morgan fingerprint density at radius 1 is 0.727 bits per heavy atom. The molecule has 2 unspecified atom stereocenters. The second-order valence-corrected chi connectivity index (χ2v) is 9.60. The Labute approximate surface area is 198 Å². The largest absolute Gasteiger partial charge is 0.394 e. The van der Waals surface area contributed by atoms with Crippen LogP contribution < -0.4 is 5.73 Å². The summed E-state index contributed by atoms with van der Waals surface area (Å²) in [5, 5.41) is 70.2. The van der Waals surface area contributed by atoms with Crippen molar-refractivity contribution >= 4 is 0 Å². The summed E-state index contributed by atoms with van der Waals surface area (Å²) in [6, 6.07) is -1.35. The highest BCUT2D eigenvalue weighted by Gasteiger charge is 2.48. The Morgan fingerprint density at radius 3 is 1.70 bits per heavy atom. The van der Waals surface area contributed by atoms with Gasteiger partial charge in [-0.05, 0) is 6.42 Å². The van der Waals surface area contributed by atoms with Crippen LogP contribution in [-0.2, 0) is 4.74 Å². The monoisotopic (exact) mass is 479 g/mol. The van der Waals surface area contributed by atoms with E-state index in [1.807, 2.05) is 0 Å². The lowest BCUT2D eigenvalue weighted by atomic mass is 9.87. The zero-order valence-electron chi connectivity index (χ0n) is 20.2. The number of nitrogens with two attached hydrogens (primary N) is 1. The predicted molar refractivity (Wildman–Crippen MR) is 125 cm³/mol. The molecule has 33 heavy (non-hydrogen) atoms. The molecule has 0 amide bonds. The van der Waals surface area contributed by atoms with Crippen molar-refractivity contribution in [1.29, 1.82) is 0 Å². The smallest absolute Gasteiger partial charge is 0.114 e. The van der Waals surface area contributed by atoms with E-state index in [0.29, 0.717) is 6.42 Å². The number of hydrogen-bond acceptors (Lipinski definition) is 9. The van der Waals surface area contributed by atoms with Gasteiger partial charge in [-0.1, -0.05) is 84.0 Å². The molecule has 0 aliphatic carbocycles. The van der Waals surface area contributed by atoms with E-state index in [2.05, 4.69) is 6.92 Å². The van der Waals surface area contributed by atoms with E-state index in [1.165, 1.54) is 51.4 Å². The fraction of sp³-hybridized carbons (Fsp3) is 1.00. The Balaban J connectivity index is 2.25. The number of hydrogen-bond donors (Lipinski definition) is 8. The average molecular weight is 480 g/mol. The number of aliphatic hydroxyl groups is 7. The number of ether oxygens (including phenoxy) is 1. The molecule has 1 rings (SSSR count). The highest BCUT2D eigenvalue weighted by molar-refractivity contribution is 4.99. The van der Waals surface area contributed by atoms with Gasteiger partial charge in [-0.2, -0.15) is 0 Å². The standard InChI is InChI=1S/C24H49NO8/c1-2-3-4-5-6-7-8-9-10-11-12-13-14-16(27)19(28)18(25)21(30)24-23(32)22(31)20(29)17(15-26)33-24/h16-24,26-32H,2-15,25H2,1H3/t16-,17-,18-,19-,20+,21?,22+,23-,24?/m1/s1. The third-order valence-corrected chi connectivity index (χ3v) is 6.80. The molecule has 198 valence electrons. The Kier molecular flexibility index (Phi) is 15.9. The van der Waals surface area contributed by atoms with Gasteiger partial charge in [0.2, 0.25) is 0 Å². The van der Waals surface area contributed by atoms with Crippen molar-refractivity contribution in [2.75, 3.05) is 6.61 Å². The van der Waals surface area contributed by atoms with Gasteiger partial charge in [-0.15, -0.1) is 0 Å². The first-order valence-corrected chi connectivity index (χ1v) is 12.9. The maximum Gasteiger partial charge on any atom is 0.114 e. The minimum Gasteiger partial charge on any atom is -0.394 e. The van der Waals surface area contributed by atoms with Crippen LogP contribution in [0, 0.1) is 0 Å². The van der Waals surface area contributed by atoms with Crippen LogP contribution in [0.4, 0.5) is 0 Å². The normalized spacial score (nSPS) is 29.5. The van der Waals surface area contributed by atoms with Crippen molar-refractivity contribution in [1.82, 2.24) is 0 Å². The molecule has 1 aliphatic rings. The number of unbranched alkanes of at least 4 members (excludes halogenated alkanes) is 11. The quantitative estimate of drug-likeness (QED) is 0.129. The molecule has 0 aromatic rings. The molecule has 0 aromatic carbocycles. The van der Waals surface area contributed by atoms with Gasteiger partial charge in [-0.3, -0.25) is 0 Å². The van der Waals surface area contributed by atoms with E-state index in [0.717, 1.165) is 25.7 Å². The molecule has 0 radical (unpaired) electrons. The van der Waals surface area contributed by atoms with Gasteiger partial charge < -0.3 is 46.2 Å². The van der Waals surface area contributed by atoms with Crippen LogP contribution in [0.2, 0.25) is 0 Å². The van der Waals surface area contributed by atoms with E-state index in [-0.39, 0.29) is 0 Å². The topological polar surface area (TPSA) is 177 Å². The minimum absolute atomic E-state index is 0.327. The van der Waals surface area contributed by atoms with Crippen molar-refractivity contribution < 1.29 is 40.5 Å². The SMILES string of the molecule is CCCCCCCCCCCCCC[C@@H](O)[C@@H](O)[C@@H](N)C(O)C1O[C@H](CO)[C@H](O)[C@H](O)[C@H]1O. The van der Waals surface area contributed by atoms with Crippen LogP contribution in [0.3, 0.4) is 0 Å². The summed E-state index contributed by atoms with van der Waals surface area (Å²) in [7, 11) is 0. The molecule has 1 fully saturated rings. The van der Waals surface area contributed by atoms with Gasteiger partial charge in [-0.25, -0.2) is 0 Å². The summed E-state index contributed by atoms with van der Waals surface area (Å²) in [6.45, 7) is 1.59. The molecule has 0 saturated carbocycles. The summed E-state index contributed by atoms with van der Waals surface area (Å²) >= 11 is 0. The molecular weight excluding hydrogens is 430 g/mol. The molecule has 9 atom stereocenters. The Bertz CT molecular complexity index is 483. The van der Waals surface area contributed by atoms with E-state index >= 15 is 0 Å². The van der Waals surface area contributed by atoms with Crippen LogP contribution in [-0.4, -0.2) is 97.2 Å². The highest BCUT2D eigenvalue weighted by Crippen LogP contribution is 2.25. The maximum atomic E-state index is 10.5. The van der Waals surface area contributed by atoms with E-state index in [1.54, 1.807) is 0 Å². The van der Waals surface area contributed by atoms with Crippen LogP contribution >= 0.6 is 0 Å². The average Bonchev–Trinajstić information content (AvgIpc) is 2.82. The van der Waals surface area contributed by atoms with Crippen LogP contribution in [0.25, 0.3) is 0 Å². The molecule has 1 saturated heterocycles. The summed E-state index contributed by atoms with van der Waals surface area (Å²) in [5.74, 6) is 0. The van der Waals surface area contributed by atoms with Gasteiger partial charge in [0.15, 0.2) is 0 Å². The van der Waals surface area contributed by atoms with Crippen LogP contribution in [0.1, 0.15) is 90.4 Å². The molecule has 0 bridgehead atoms. The second-order valence-electron chi connectivity index (χ2n) is 9.60. The lowest BCUT2D eigenvalue weighted by Crippen LogP contribution is -2.65. The summed E-state index contributed by atoms with van der Waals surface area (Å²) < 4.78 is 5.29. The van der Waals surface area contributed by atoms with Gasteiger partial charge >= 0.3 is 0 Å². The third kappa shape index (κ3) is 10.4. The van der Waals surface area contributed by atoms with Gasteiger partial charge in [0.1, 0.15) is 36.6 Å². The predicted octanol–water partition coefficient (Wildman–Crippen LogP) is 0.330. The molecule has 9 heteroatoms. The minimum atomic E-state index is -1.66. The van der Waals surface area contributed by atoms with Crippen molar-refractivity contribution in [2.24, 2.45) is 5.73 Å². The first-order valence-electron chi connectivity index (χ1n) is 12.9. The second kappa shape index (κ2) is 17.1. The third-order valence-electron chi connectivity index (χ3n) is 6.80. The fourth-order valence-corrected chi connectivity index (χ4v) is 4.46. The lowest BCUT2D eigenvalue weighted by Gasteiger charge is -2.43. The summed E-state index contributed by atoms with van der Waals surface area (Å²) in [6.07, 6.45) is 2.88. The first kappa shape index (κ1) is 30.7. The molecule has 1 aliphatic heterocycles. The molecular formula is C24H49NO8. The van der Waals surface area contributed by atoms with Crippen molar-refractivity contribution in [3.8, 4) is 0 Å².